The first kappa shape index (κ1) is 14.3. The Balaban J connectivity index is 1.88. The molecule has 0 bridgehead atoms. The van der Waals surface area contributed by atoms with Crippen LogP contribution in [0.1, 0.15) is 11.1 Å². The Morgan fingerprint density at radius 1 is 0.750 bits per heavy atom. The molecule has 106 valence electrons. The molecule has 0 amide bonds. The molecule has 0 saturated heterocycles. The van der Waals surface area contributed by atoms with Crippen LogP contribution in [-0.2, 0) is 0 Å². The number of rotatable bonds is 6. The summed E-state index contributed by atoms with van der Waals surface area (Å²) in [5.74, 6) is 2.41. The molecule has 0 unspecified atom stereocenters. The minimum Gasteiger partial charge on any atom is -0.493 e. The van der Waals surface area contributed by atoms with Crippen LogP contribution < -0.4 is 14.2 Å². The van der Waals surface area contributed by atoms with Crippen molar-refractivity contribution in [2.75, 3.05) is 20.3 Å². The second kappa shape index (κ2) is 6.85. The summed E-state index contributed by atoms with van der Waals surface area (Å²) >= 11 is 0. The van der Waals surface area contributed by atoms with Gasteiger partial charge in [0.05, 0.1) is 7.11 Å². The van der Waals surface area contributed by atoms with E-state index in [0.29, 0.717) is 13.2 Å². The molecule has 0 heterocycles. The van der Waals surface area contributed by atoms with Gasteiger partial charge in [0.25, 0.3) is 0 Å². The highest BCUT2D eigenvalue weighted by atomic mass is 16.5. The van der Waals surface area contributed by atoms with Crippen molar-refractivity contribution < 1.29 is 14.2 Å². The summed E-state index contributed by atoms with van der Waals surface area (Å²) in [6.45, 7) is 5.07. The Bertz CT molecular complexity index is 544. The van der Waals surface area contributed by atoms with E-state index in [1.807, 2.05) is 56.3 Å². The van der Waals surface area contributed by atoms with Crippen molar-refractivity contribution in [2.24, 2.45) is 0 Å². The van der Waals surface area contributed by atoms with Gasteiger partial charge >= 0.3 is 0 Å². The summed E-state index contributed by atoms with van der Waals surface area (Å²) < 4.78 is 16.7. The minimum atomic E-state index is 0.480. The highest BCUT2D eigenvalue weighted by Crippen LogP contribution is 2.26. The standard InChI is InChI=1S/C17H20O3/c1-13-7-6-8-14(2)17(13)20-12-11-19-16-10-5-4-9-15(16)18-3/h4-10H,11-12H2,1-3H3. The zero-order valence-electron chi connectivity index (χ0n) is 12.2. The van der Waals surface area contributed by atoms with Crippen molar-refractivity contribution in [2.45, 2.75) is 13.8 Å². The number of hydrogen-bond acceptors (Lipinski definition) is 3. The number of para-hydroxylation sites is 3. The molecule has 0 fully saturated rings. The molecule has 0 spiro atoms. The van der Waals surface area contributed by atoms with Crippen molar-refractivity contribution in [3.05, 3.63) is 53.6 Å². The van der Waals surface area contributed by atoms with Crippen LogP contribution in [0.15, 0.2) is 42.5 Å². The molecular weight excluding hydrogens is 252 g/mol. The predicted octanol–water partition coefficient (Wildman–Crippen LogP) is 3.77. The highest BCUT2D eigenvalue weighted by molar-refractivity contribution is 5.40. The Labute approximate surface area is 120 Å². The van der Waals surface area contributed by atoms with Crippen LogP contribution in [-0.4, -0.2) is 20.3 Å². The number of methoxy groups -OCH3 is 1. The molecule has 0 aliphatic rings. The third-order valence-corrected chi connectivity index (χ3v) is 3.07. The normalized spacial score (nSPS) is 10.2. The fourth-order valence-corrected chi connectivity index (χ4v) is 2.06. The monoisotopic (exact) mass is 272 g/mol. The fourth-order valence-electron chi connectivity index (χ4n) is 2.06. The van der Waals surface area contributed by atoms with E-state index in [-0.39, 0.29) is 0 Å². The quantitative estimate of drug-likeness (QED) is 0.749. The topological polar surface area (TPSA) is 27.7 Å². The SMILES string of the molecule is COc1ccccc1OCCOc1c(C)cccc1C. The molecule has 0 radical (unpaired) electrons. The summed E-state index contributed by atoms with van der Waals surface area (Å²) in [7, 11) is 1.63. The third kappa shape index (κ3) is 3.44. The predicted molar refractivity (Wildman–Crippen MR) is 79.9 cm³/mol. The molecule has 20 heavy (non-hydrogen) atoms. The van der Waals surface area contributed by atoms with Gasteiger partial charge in [-0.05, 0) is 37.1 Å². The molecule has 0 aliphatic carbocycles. The van der Waals surface area contributed by atoms with Gasteiger partial charge in [0, 0.05) is 0 Å². The van der Waals surface area contributed by atoms with Crippen molar-refractivity contribution in [3.63, 3.8) is 0 Å². The Hall–Kier alpha value is -2.16. The van der Waals surface area contributed by atoms with E-state index in [1.54, 1.807) is 7.11 Å². The van der Waals surface area contributed by atoms with Crippen LogP contribution >= 0.6 is 0 Å². The summed E-state index contributed by atoms with van der Waals surface area (Å²) in [6.07, 6.45) is 0. The van der Waals surface area contributed by atoms with Gasteiger partial charge in [-0.15, -0.1) is 0 Å². The van der Waals surface area contributed by atoms with Crippen LogP contribution in [0.3, 0.4) is 0 Å². The molecule has 3 nitrogen and oxygen atoms in total. The molecule has 0 atom stereocenters. The van der Waals surface area contributed by atoms with Crippen LogP contribution in [0, 0.1) is 13.8 Å². The minimum absolute atomic E-state index is 0.480. The van der Waals surface area contributed by atoms with Gasteiger partial charge in [-0.1, -0.05) is 30.3 Å². The number of hydrogen-bond donors (Lipinski definition) is 0. The molecule has 0 aliphatic heterocycles. The first-order valence-electron chi connectivity index (χ1n) is 6.67. The maximum absolute atomic E-state index is 5.80. The first-order chi connectivity index (χ1) is 9.72. The van der Waals surface area contributed by atoms with E-state index in [4.69, 9.17) is 14.2 Å². The zero-order valence-corrected chi connectivity index (χ0v) is 12.2. The smallest absolute Gasteiger partial charge is 0.161 e. The van der Waals surface area contributed by atoms with Crippen LogP contribution in [0.4, 0.5) is 0 Å². The van der Waals surface area contributed by atoms with Crippen molar-refractivity contribution in [1.82, 2.24) is 0 Å². The van der Waals surface area contributed by atoms with E-state index in [1.165, 1.54) is 0 Å². The molecular formula is C17H20O3. The Morgan fingerprint density at radius 2 is 1.35 bits per heavy atom. The lowest BCUT2D eigenvalue weighted by Gasteiger charge is -2.13. The van der Waals surface area contributed by atoms with Crippen molar-refractivity contribution >= 4 is 0 Å². The fraction of sp³-hybridized carbons (Fsp3) is 0.294. The van der Waals surface area contributed by atoms with Crippen LogP contribution in [0.5, 0.6) is 17.2 Å². The average molecular weight is 272 g/mol. The molecule has 0 saturated carbocycles. The number of aryl methyl sites for hydroxylation is 2. The molecule has 2 aromatic carbocycles. The van der Waals surface area contributed by atoms with Gasteiger partial charge in [-0.25, -0.2) is 0 Å². The number of benzene rings is 2. The van der Waals surface area contributed by atoms with Gasteiger partial charge in [-0.2, -0.15) is 0 Å². The van der Waals surface area contributed by atoms with Crippen molar-refractivity contribution in [3.8, 4) is 17.2 Å². The Kier molecular flexibility index (Phi) is 4.88. The lowest BCUT2D eigenvalue weighted by atomic mass is 10.1. The largest absolute Gasteiger partial charge is 0.493 e. The van der Waals surface area contributed by atoms with Gasteiger partial charge in [0.15, 0.2) is 11.5 Å². The van der Waals surface area contributed by atoms with Crippen molar-refractivity contribution in [1.29, 1.82) is 0 Å². The summed E-state index contributed by atoms with van der Waals surface area (Å²) in [4.78, 5) is 0. The second-order valence-corrected chi connectivity index (χ2v) is 4.57. The maximum Gasteiger partial charge on any atom is 0.161 e. The van der Waals surface area contributed by atoms with Gasteiger partial charge in [0.2, 0.25) is 0 Å². The third-order valence-electron chi connectivity index (χ3n) is 3.07. The van der Waals surface area contributed by atoms with E-state index >= 15 is 0 Å². The molecule has 2 rings (SSSR count). The zero-order chi connectivity index (χ0) is 14.4. The van der Waals surface area contributed by atoms with E-state index in [9.17, 15) is 0 Å². The second-order valence-electron chi connectivity index (χ2n) is 4.57. The van der Waals surface area contributed by atoms with Gasteiger partial charge in [0.1, 0.15) is 19.0 Å². The summed E-state index contributed by atoms with van der Waals surface area (Å²) in [6, 6.07) is 13.7. The van der Waals surface area contributed by atoms with E-state index in [2.05, 4.69) is 0 Å². The molecule has 0 aromatic heterocycles. The lowest BCUT2D eigenvalue weighted by Crippen LogP contribution is -2.10. The Morgan fingerprint density at radius 3 is 2.00 bits per heavy atom. The first-order valence-corrected chi connectivity index (χ1v) is 6.67. The van der Waals surface area contributed by atoms with Gasteiger partial charge < -0.3 is 14.2 Å². The van der Waals surface area contributed by atoms with Gasteiger partial charge in [-0.3, -0.25) is 0 Å². The number of ether oxygens (including phenoxy) is 3. The highest BCUT2D eigenvalue weighted by Gasteiger charge is 2.05. The average Bonchev–Trinajstić information content (AvgIpc) is 2.46. The summed E-state index contributed by atoms with van der Waals surface area (Å²) in [5.41, 5.74) is 2.28. The van der Waals surface area contributed by atoms with E-state index < -0.39 is 0 Å². The molecule has 2 aromatic rings. The lowest BCUT2D eigenvalue weighted by molar-refractivity contribution is 0.210. The van der Waals surface area contributed by atoms with Crippen LogP contribution in [0.2, 0.25) is 0 Å². The van der Waals surface area contributed by atoms with Crippen LogP contribution in [0.25, 0.3) is 0 Å². The van der Waals surface area contributed by atoms with E-state index in [0.717, 1.165) is 28.4 Å². The summed E-state index contributed by atoms with van der Waals surface area (Å²) in [5, 5.41) is 0. The maximum atomic E-state index is 5.80. The molecule has 3 heteroatoms. The molecule has 0 N–H and O–H groups in total.